The molecule has 1 heterocycles. The van der Waals surface area contributed by atoms with E-state index in [-0.39, 0.29) is 5.97 Å². The molecule has 17 heavy (non-hydrogen) atoms. The Hall–Kier alpha value is -0.840. The van der Waals surface area contributed by atoms with Crippen molar-refractivity contribution in [2.24, 2.45) is 0 Å². The molecule has 5 heteroatoms. The number of thiophene rings is 1. The van der Waals surface area contributed by atoms with Crippen LogP contribution < -0.4 is 0 Å². The van der Waals surface area contributed by atoms with Gasteiger partial charge in [-0.2, -0.15) is 0 Å². The fraction of sp³-hybridized carbons (Fsp3) is 0.0833. The Kier molecular flexibility index (Phi) is 3.86. The molecule has 0 amide bonds. The van der Waals surface area contributed by atoms with Gasteiger partial charge in [0.2, 0.25) is 0 Å². The van der Waals surface area contributed by atoms with Gasteiger partial charge in [0.15, 0.2) is 0 Å². The second-order valence-electron chi connectivity index (χ2n) is 3.29. The summed E-state index contributed by atoms with van der Waals surface area (Å²) in [4.78, 5) is 12.6. The van der Waals surface area contributed by atoms with Crippen LogP contribution in [0.2, 0.25) is 5.02 Å². The summed E-state index contributed by atoms with van der Waals surface area (Å²) in [7, 11) is 1.37. The number of esters is 1. The highest BCUT2D eigenvalue weighted by Crippen LogP contribution is 2.35. The predicted molar refractivity (Wildman–Crippen MR) is 73.8 cm³/mol. The molecule has 0 unspecified atom stereocenters. The molecule has 2 nitrogen and oxygen atoms in total. The van der Waals surface area contributed by atoms with Gasteiger partial charge < -0.3 is 4.74 Å². The fourth-order valence-electron chi connectivity index (χ4n) is 1.47. The Morgan fingerprint density at radius 3 is 2.71 bits per heavy atom. The highest BCUT2D eigenvalue weighted by molar-refractivity contribution is 9.11. The summed E-state index contributed by atoms with van der Waals surface area (Å²) in [6.07, 6.45) is 0. The van der Waals surface area contributed by atoms with Crippen molar-refractivity contribution in [3.8, 4) is 10.4 Å². The quantitative estimate of drug-likeness (QED) is 0.751. The minimum Gasteiger partial charge on any atom is -0.465 e. The van der Waals surface area contributed by atoms with E-state index in [0.29, 0.717) is 10.6 Å². The maximum absolute atomic E-state index is 11.7. The Morgan fingerprint density at radius 1 is 1.35 bits per heavy atom. The third-order valence-electron chi connectivity index (χ3n) is 2.23. The van der Waals surface area contributed by atoms with E-state index in [0.717, 1.165) is 14.2 Å². The van der Waals surface area contributed by atoms with Gasteiger partial charge in [0.1, 0.15) is 0 Å². The zero-order valence-electron chi connectivity index (χ0n) is 8.87. The average Bonchev–Trinajstić information content (AvgIpc) is 2.75. The summed E-state index contributed by atoms with van der Waals surface area (Å²) in [5.41, 5.74) is 1.31. The highest BCUT2D eigenvalue weighted by Gasteiger charge is 2.14. The zero-order chi connectivity index (χ0) is 12.4. The number of carbonyl (C=O) groups excluding carboxylic acids is 1. The maximum atomic E-state index is 11.7. The van der Waals surface area contributed by atoms with Crippen molar-refractivity contribution in [1.82, 2.24) is 0 Å². The van der Waals surface area contributed by atoms with Crippen molar-refractivity contribution < 1.29 is 9.53 Å². The molecule has 0 atom stereocenters. The summed E-state index contributed by atoms with van der Waals surface area (Å²) >= 11 is 10.9. The van der Waals surface area contributed by atoms with Gasteiger partial charge in [0, 0.05) is 15.5 Å². The molecule has 0 saturated carbocycles. The van der Waals surface area contributed by atoms with Gasteiger partial charge in [0.05, 0.1) is 16.5 Å². The minimum absolute atomic E-state index is 0.360. The second-order valence-corrected chi connectivity index (χ2v) is 6.18. The first-order valence-electron chi connectivity index (χ1n) is 4.75. The molecular formula is C12H8BrClO2S. The summed E-state index contributed by atoms with van der Waals surface area (Å²) in [6.45, 7) is 0. The van der Waals surface area contributed by atoms with Gasteiger partial charge in [-0.25, -0.2) is 4.79 Å². The lowest BCUT2D eigenvalue weighted by Crippen LogP contribution is -2.02. The number of ether oxygens (including phenoxy) is 1. The smallest absolute Gasteiger partial charge is 0.338 e. The minimum atomic E-state index is -0.360. The van der Waals surface area contributed by atoms with E-state index >= 15 is 0 Å². The standard InChI is InChI=1S/C12H8BrClO2S/c1-16-12(15)8-3-2-7(14)6-9(8)10-4-5-11(13)17-10/h2-6H,1H3. The average molecular weight is 332 g/mol. The van der Waals surface area contributed by atoms with E-state index in [1.807, 2.05) is 12.1 Å². The number of methoxy groups -OCH3 is 1. The van der Waals surface area contributed by atoms with Crippen LogP contribution in [-0.2, 0) is 4.74 Å². The van der Waals surface area contributed by atoms with E-state index in [1.54, 1.807) is 29.5 Å². The van der Waals surface area contributed by atoms with Crippen LogP contribution in [0.3, 0.4) is 0 Å². The second kappa shape index (κ2) is 5.21. The first-order valence-corrected chi connectivity index (χ1v) is 6.74. The third-order valence-corrected chi connectivity index (χ3v) is 4.12. The Balaban J connectivity index is 2.58. The van der Waals surface area contributed by atoms with Crippen LogP contribution in [0.4, 0.5) is 0 Å². The Bertz CT molecular complexity index is 565. The first-order chi connectivity index (χ1) is 8.11. The molecule has 0 fully saturated rings. The fourth-order valence-corrected chi connectivity index (χ4v) is 3.06. The lowest BCUT2D eigenvalue weighted by molar-refractivity contribution is 0.0601. The number of hydrogen-bond donors (Lipinski definition) is 0. The maximum Gasteiger partial charge on any atom is 0.338 e. The van der Waals surface area contributed by atoms with E-state index < -0.39 is 0 Å². The van der Waals surface area contributed by atoms with Crippen LogP contribution >= 0.6 is 38.9 Å². The molecule has 2 rings (SSSR count). The van der Waals surface area contributed by atoms with Crippen molar-refractivity contribution in [1.29, 1.82) is 0 Å². The zero-order valence-corrected chi connectivity index (χ0v) is 12.0. The lowest BCUT2D eigenvalue weighted by Gasteiger charge is -2.06. The molecule has 2 aromatic rings. The van der Waals surface area contributed by atoms with E-state index in [2.05, 4.69) is 15.9 Å². The third kappa shape index (κ3) is 2.70. The van der Waals surface area contributed by atoms with Gasteiger partial charge in [-0.15, -0.1) is 11.3 Å². The summed E-state index contributed by atoms with van der Waals surface area (Å²) in [5.74, 6) is -0.360. The number of benzene rings is 1. The van der Waals surface area contributed by atoms with Gasteiger partial charge >= 0.3 is 5.97 Å². The molecule has 0 bridgehead atoms. The molecule has 0 N–H and O–H groups in total. The predicted octanol–water partition coefficient (Wildman–Crippen LogP) is 4.62. The van der Waals surface area contributed by atoms with Gasteiger partial charge in [-0.3, -0.25) is 0 Å². The van der Waals surface area contributed by atoms with E-state index in [1.165, 1.54) is 7.11 Å². The van der Waals surface area contributed by atoms with Crippen molar-refractivity contribution in [3.05, 3.63) is 44.7 Å². The van der Waals surface area contributed by atoms with Crippen LogP contribution in [0.1, 0.15) is 10.4 Å². The van der Waals surface area contributed by atoms with Crippen molar-refractivity contribution in [3.63, 3.8) is 0 Å². The number of carbonyl (C=O) groups is 1. The molecule has 1 aromatic heterocycles. The van der Waals surface area contributed by atoms with Crippen molar-refractivity contribution in [2.45, 2.75) is 0 Å². The van der Waals surface area contributed by atoms with E-state index in [4.69, 9.17) is 16.3 Å². The molecule has 1 aromatic carbocycles. The summed E-state index contributed by atoms with van der Waals surface area (Å²) in [6, 6.07) is 9.00. The van der Waals surface area contributed by atoms with Gasteiger partial charge in [0.25, 0.3) is 0 Å². The molecule has 0 saturated heterocycles. The highest BCUT2D eigenvalue weighted by atomic mass is 79.9. The summed E-state index contributed by atoms with van der Waals surface area (Å²) in [5, 5.41) is 0.595. The molecule has 0 radical (unpaired) electrons. The topological polar surface area (TPSA) is 26.3 Å². The van der Waals surface area contributed by atoms with Gasteiger partial charge in [-0.05, 0) is 46.3 Å². The number of hydrogen-bond acceptors (Lipinski definition) is 3. The van der Waals surface area contributed by atoms with Crippen molar-refractivity contribution in [2.75, 3.05) is 7.11 Å². The van der Waals surface area contributed by atoms with Crippen LogP contribution in [0.15, 0.2) is 34.1 Å². The summed E-state index contributed by atoms with van der Waals surface area (Å²) < 4.78 is 5.76. The van der Waals surface area contributed by atoms with Gasteiger partial charge in [-0.1, -0.05) is 11.6 Å². The number of halogens is 2. The molecule has 88 valence electrons. The SMILES string of the molecule is COC(=O)c1ccc(Cl)cc1-c1ccc(Br)s1. The van der Waals surface area contributed by atoms with Crippen LogP contribution in [-0.4, -0.2) is 13.1 Å². The molecule has 0 aliphatic carbocycles. The van der Waals surface area contributed by atoms with Crippen molar-refractivity contribution >= 4 is 44.8 Å². The first kappa shape index (κ1) is 12.6. The van der Waals surface area contributed by atoms with Crippen LogP contribution in [0, 0.1) is 0 Å². The largest absolute Gasteiger partial charge is 0.465 e. The van der Waals surface area contributed by atoms with E-state index in [9.17, 15) is 4.79 Å². The number of rotatable bonds is 2. The molecule has 0 spiro atoms. The Morgan fingerprint density at radius 2 is 2.12 bits per heavy atom. The Labute approximate surface area is 116 Å². The normalized spacial score (nSPS) is 10.3. The monoisotopic (exact) mass is 330 g/mol. The lowest BCUT2D eigenvalue weighted by atomic mass is 10.1. The molecule has 0 aliphatic heterocycles. The van der Waals surface area contributed by atoms with Crippen LogP contribution in [0.5, 0.6) is 0 Å². The molecule has 0 aliphatic rings. The molecular weight excluding hydrogens is 324 g/mol. The van der Waals surface area contributed by atoms with Crippen LogP contribution in [0.25, 0.3) is 10.4 Å².